The zero-order valence-electron chi connectivity index (χ0n) is 29.5. The van der Waals surface area contributed by atoms with E-state index in [2.05, 4.69) is 169 Å². The highest BCUT2D eigenvalue weighted by Crippen LogP contribution is 2.53. The first kappa shape index (κ1) is 31.6. The Labute approximate surface area is 294 Å². The lowest BCUT2D eigenvalue weighted by Gasteiger charge is -2.43. The molecule has 1 aliphatic heterocycles. The molecule has 0 saturated heterocycles. The van der Waals surface area contributed by atoms with Crippen molar-refractivity contribution in [1.29, 1.82) is 0 Å². The average molecular weight is 681 g/mol. The van der Waals surface area contributed by atoms with Crippen molar-refractivity contribution in [2.24, 2.45) is 0 Å². The van der Waals surface area contributed by atoms with Crippen molar-refractivity contribution in [3.05, 3.63) is 120 Å². The van der Waals surface area contributed by atoms with Crippen LogP contribution in [0.5, 0.6) is 0 Å². The van der Waals surface area contributed by atoms with E-state index in [1.54, 1.807) is 0 Å². The molecule has 0 aliphatic carbocycles. The smallest absolute Gasteiger partial charge is 0.195 e. The van der Waals surface area contributed by atoms with Gasteiger partial charge in [-0.25, -0.2) is 4.98 Å². The van der Waals surface area contributed by atoms with E-state index in [0.717, 1.165) is 10.5 Å². The molecule has 3 heterocycles. The fourth-order valence-electron chi connectivity index (χ4n) is 7.87. The van der Waals surface area contributed by atoms with Crippen LogP contribution in [0.1, 0.15) is 65.2 Å². The van der Waals surface area contributed by atoms with Crippen LogP contribution in [0.2, 0.25) is 13.1 Å². The van der Waals surface area contributed by atoms with Crippen molar-refractivity contribution in [3.63, 3.8) is 0 Å². The average Bonchev–Trinajstić information content (AvgIpc) is 3.58. The van der Waals surface area contributed by atoms with Gasteiger partial charge < -0.3 is 0 Å². The standard InChI is InChI=1S/C43H44N2S2Si/c1-41(2,3)30-25-24-27(26-29(30)28-16-14-21-35-38(28)47-40-44-33-19-11-12-20-34(33)45(35)40)48(8,9)37-23-15-18-32-39(37)46-36-22-13-10-17-31(36)42(4,5)43(32,6)7/h10-26H,1-9H3. The molecule has 0 spiro atoms. The molecule has 0 atom stereocenters. The Morgan fingerprint density at radius 2 is 1.35 bits per heavy atom. The number of rotatable bonds is 3. The van der Waals surface area contributed by atoms with Gasteiger partial charge in [0.25, 0.3) is 0 Å². The molecule has 0 N–H and O–H groups in total. The lowest BCUT2D eigenvalue weighted by molar-refractivity contribution is 0.296. The van der Waals surface area contributed by atoms with Crippen molar-refractivity contribution >= 4 is 67.8 Å². The van der Waals surface area contributed by atoms with Gasteiger partial charge in [0.2, 0.25) is 0 Å². The van der Waals surface area contributed by atoms with E-state index >= 15 is 0 Å². The molecule has 8 rings (SSSR count). The first-order valence-electron chi connectivity index (χ1n) is 17.1. The highest BCUT2D eigenvalue weighted by atomic mass is 32.2. The van der Waals surface area contributed by atoms with Gasteiger partial charge in [-0.2, -0.15) is 0 Å². The van der Waals surface area contributed by atoms with E-state index in [-0.39, 0.29) is 16.2 Å². The molecular formula is C43H44N2S2Si. The Morgan fingerprint density at radius 3 is 2.15 bits per heavy atom. The van der Waals surface area contributed by atoms with Crippen LogP contribution in [0.4, 0.5) is 0 Å². The number of aromatic nitrogens is 2. The molecule has 242 valence electrons. The van der Waals surface area contributed by atoms with E-state index in [1.807, 2.05) is 23.1 Å². The number of imidazole rings is 1. The summed E-state index contributed by atoms with van der Waals surface area (Å²) >= 11 is 3.81. The molecule has 0 saturated carbocycles. The zero-order valence-corrected chi connectivity index (χ0v) is 32.2. The van der Waals surface area contributed by atoms with Crippen molar-refractivity contribution in [3.8, 4) is 11.1 Å². The maximum Gasteiger partial charge on any atom is 0.195 e. The minimum atomic E-state index is -2.19. The van der Waals surface area contributed by atoms with Gasteiger partial charge in [0.15, 0.2) is 4.96 Å². The summed E-state index contributed by atoms with van der Waals surface area (Å²) in [6, 6.07) is 39.0. The molecule has 0 unspecified atom stereocenters. The van der Waals surface area contributed by atoms with Gasteiger partial charge in [0.05, 0.1) is 21.3 Å². The van der Waals surface area contributed by atoms with Crippen LogP contribution in [0.25, 0.3) is 37.3 Å². The highest BCUT2D eigenvalue weighted by Gasteiger charge is 2.46. The SMILES string of the molecule is CC(C)(C)c1ccc([Si](C)(C)c2cccc3c2Sc2ccccc2C(C)(C)C3(C)C)cc1-c1cccc2c1sc1nc3ccccc3n12. The topological polar surface area (TPSA) is 17.3 Å². The minimum absolute atomic E-state index is 0.00910. The van der Waals surface area contributed by atoms with Gasteiger partial charge in [0.1, 0.15) is 8.07 Å². The van der Waals surface area contributed by atoms with E-state index in [1.165, 1.54) is 63.7 Å². The fourth-order valence-corrected chi connectivity index (χ4v) is 13.9. The maximum absolute atomic E-state index is 5.03. The van der Waals surface area contributed by atoms with E-state index in [9.17, 15) is 0 Å². The van der Waals surface area contributed by atoms with Gasteiger partial charge >= 0.3 is 0 Å². The second kappa shape index (κ2) is 10.7. The summed E-state index contributed by atoms with van der Waals surface area (Å²) in [7, 11) is -2.19. The summed E-state index contributed by atoms with van der Waals surface area (Å²) in [5.74, 6) is 0. The number of fused-ring (bicyclic) bond motifs is 7. The van der Waals surface area contributed by atoms with Crippen LogP contribution in [0.15, 0.2) is 113 Å². The second-order valence-electron chi connectivity index (χ2n) is 16.1. The zero-order chi connectivity index (χ0) is 33.8. The summed E-state index contributed by atoms with van der Waals surface area (Å²) in [6.45, 7) is 21.9. The van der Waals surface area contributed by atoms with Crippen LogP contribution in [0.3, 0.4) is 0 Å². The number of para-hydroxylation sites is 2. The molecular weight excluding hydrogens is 637 g/mol. The predicted molar refractivity (Wildman–Crippen MR) is 212 cm³/mol. The molecule has 2 aromatic heterocycles. The largest absolute Gasteiger partial charge is 0.283 e. The first-order chi connectivity index (χ1) is 22.7. The molecule has 48 heavy (non-hydrogen) atoms. The summed E-state index contributed by atoms with van der Waals surface area (Å²) in [4.78, 5) is 8.93. The first-order valence-corrected chi connectivity index (χ1v) is 21.7. The minimum Gasteiger partial charge on any atom is -0.283 e. The monoisotopic (exact) mass is 680 g/mol. The summed E-state index contributed by atoms with van der Waals surface area (Å²) in [6.07, 6.45) is 0. The van der Waals surface area contributed by atoms with E-state index in [0.29, 0.717) is 0 Å². The number of hydrogen-bond acceptors (Lipinski definition) is 3. The molecule has 5 heteroatoms. The summed E-state index contributed by atoms with van der Waals surface area (Å²) in [5.41, 5.74) is 10.3. The van der Waals surface area contributed by atoms with Crippen molar-refractivity contribution < 1.29 is 0 Å². The van der Waals surface area contributed by atoms with Crippen LogP contribution in [-0.4, -0.2) is 17.5 Å². The maximum atomic E-state index is 5.03. The van der Waals surface area contributed by atoms with Gasteiger partial charge in [-0.15, -0.1) is 0 Å². The Hall–Kier alpha value is -3.64. The highest BCUT2D eigenvalue weighted by molar-refractivity contribution is 7.99. The van der Waals surface area contributed by atoms with Crippen molar-refractivity contribution in [2.45, 2.75) is 87.6 Å². The second-order valence-corrected chi connectivity index (χ2v) is 22.5. The molecule has 0 radical (unpaired) electrons. The normalized spacial score (nSPS) is 15.9. The number of benzene rings is 5. The fraction of sp³-hybridized carbons (Fsp3) is 0.279. The van der Waals surface area contributed by atoms with Crippen LogP contribution < -0.4 is 10.4 Å². The number of thiazole rings is 1. The molecule has 7 aromatic rings. The Morgan fingerprint density at radius 1 is 0.688 bits per heavy atom. The molecule has 1 aliphatic rings. The number of hydrogen-bond donors (Lipinski definition) is 0. The molecule has 0 bridgehead atoms. The molecule has 5 aromatic carbocycles. The van der Waals surface area contributed by atoms with Crippen molar-refractivity contribution in [2.75, 3.05) is 0 Å². The summed E-state index contributed by atoms with van der Waals surface area (Å²) < 4.78 is 3.65. The summed E-state index contributed by atoms with van der Waals surface area (Å²) in [5, 5.41) is 3.00. The lowest BCUT2D eigenvalue weighted by Crippen LogP contribution is -2.54. The van der Waals surface area contributed by atoms with Gasteiger partial charge in [-0.05, 0) is 68.0 Å². The molecule has 0 fully saturated rings. The van der Waals surface area contributed by atoms with Crippen LogP contribution in [0, 0.1) is 0 Å². The molecule has 2 nitrogen and oxygen atoms in total. The Kier molecular flexibility index (Phi) is 7.03. The third-order valence-corrected chi connectivity index (χ3v) is 17.5. The van der Waals surface area contributed by atoms with Crippen molar-refractivity contribution in [1.82, 2.24) is 9.38 Å². The van der Waals surface area contributed by atoms with Crippen LogP contribution in [-0.2, 0) is 16.2 Å². The van der Waals surface area contributed by atoms with E-state index in [4.69, 9.17) is 4.98 Å². The quantitative estimate of drug-likeness (QED) is 0.173. The Bertz CT molecular complexity index is 2400. The van der Waals surface area contributed by atoms with E-state index < -0.39 is 8.07 Å². The van der Waals surface area contributed by atoms with Gasteiger partial charge in [-0.1, -0.05) is 169 Å². The third kappa shape index (κ3) is 4.54. The third-order valence-electron chi connectivity index (χ3n) is 11.5. The molecule has 0 amide bonds. The lowest BCUT2D eigenvalue weighted by atomic mass is 9.61. The number of nitrogens with zero attached hydrogens (tertiary/aromatic N) is 2. The Balaban J connectivity index is 1.34. The van der Waals surface area contributed by atoms with Gasteiger partial charge in [-0.3, -0.25) is 4.40 Å². The van der Waals surface area contributed by atoms with Crippen LogP contribution >= 0.6 is 23.1 Å². The predicted octanol–water partition coefficient (Wildman–Crippen LogP) is 11.2. The van der Waals surface area contributed by atoms with Gasteiger partial charge in [0, 0.05) is 15.4 Å².